The van der Waals surface area contributed by atoms with Crippen LogP contribution in [0.2, 0.25) is 0 Å². The lowest BCUT2D eigenvalue weighted by atomic mass is 10.1. The molecule has 1 aliphatic rings. The molecule has 100 valence electrons. The van der Waals surface area contributed by atoms with Crippen LogP contribution in [0.1, 0.15) is 39.5 Å². The topological polar surface area (TPSA) is 12.5 Å². The quantitative estimate of drug-likeness (QED) is 0.776. The molecule has 0 spiro atoms. The molecule has 1 atom stereocenters. The fourth-order valence-corrected chi connectivity index (χ4v) is 2.26. The van der Waals surface area contributed by atoms with Gasteiger partial charge in [-0.25, -0.2) is 0 Å². The summed E-state index contributed by atoms with van der Waals surface area (Å²) in [7, 11) is 0. The smallest absolute Gasteiger partial charge is 0.119 e. The van der Waals surface area contributed by atoms with Crippen molar-refractivity contribution >= 4 is 5.69 Å². The van der Waals surface area contributed by atoms with Gasteiger partial charge in [-0.05, 0) is 49.4 Å². The Morgan fingerprint density at radius 1 is 1.11 bits per heavy atom. The minimum atomic E-state index is 0.631. The monoisotopic (exact) mass is 247 g/mol. The summed E-state index contributed by atoms with van der Waals surface area (Å²) in [5.74, 6) is 1.63. The number of hydrogen-bond acceptors (Lipinski definition) is 2. The zero-order chi connectivity index (χ0) is 12.8. The molecule has 1 heterocycles. The van der Waals surface area contributed by atoms with E-state index in [1.54, 1.807) is 0 Å². The van der Waals surface area contributed by atoms with Crippen molar-refractivity contribution in [3.05, 3.63) is 24.3 Å². The van der Waals surface area contributed by atoms with Crippen LogP contribution in [0.15, 0.2) is 24.3 Å². The van der Waals surface area contributed by atoms with Crippen molar-refractivity contribution in [1.82, 2.24) is 0 Å². The molecule has 1 fully saturated rings. The predicted molar refractivity (Wildman–Crippen MR) is 77.5 cm³/mol. The second kappa shape index (κ2) is 6.67. The number of piperidine rings is 1. The summed E-state index contributed by atoms with van der Waals surface area (Å²) in [6, 6.07) is 8.59. The molecule has 2 nitrogen and oxygen atoms in total. The molecule has 2 rings (SSSR count). The maximum atomic E-state index is 5.78. The first-order valence-electron chi connectivity index (χ1n) is 7.27. The Morgan fingerprint density at radius 2 is 1.78 bits per heavy atom. The number of hydrogen-bond donors (Lipinski definition) is 0. The molecule has 0 radical (unpaired) electrons. The summed E-state index contributed by atoms with van der Waals surface area (Å²) >= 11 is 0. The van der Waals surface area contributed by atoms with Gasteiger partial charge in [0.2, 0.25) is 0 Å². The second-order valence-electron chi connectivity index (χ2n) is 5.37. The highest BCUT2D eigenvalue weighted by molar-refractivity contribution is 5.49. The van der Waals surface area contributed by atoms with E-state index in [9.17, 15) is 0 Å². The summed E-state index contributed by atoms with van der Waals surface area (Å²) in [4.78, 5) is 2.47. The largest absolute Gasteiger partial charge is 0.493 e. The third-order valence-corrected chi connectivity index (χ3v) is 3.79. The predicted octanol–water partition coefficient (Wildman–Crippen LogP) is 4.10. The zero-order valence-electron chi connectivity index (χ0n) is 11.7. The minimum Gasteiger partial charge on any atom is -0.493 e. The first-order valence-corrected chi connectivity index (χ1v) is 7.27. The van der Waals surface area contributed by atoms with Gasteiger partial charge in [-0.2, -0.15) is 0 Å². The molecule has 1 aromatic carbocycles. The van der Waals surface area contributed by atoms with Crippen LogP contribution in [0.25, 0.3) is 0 Å². The summed E-state index contributed by atoms with van der Waals surface area (Å²) < 4.78 is 5.78. The lowest BCUT2D eigenvalue weighted by molar-refractivity contribution is 0.256. The van der Waals surface area contributed by atoms with E-state index in [0.717, 1.165) is 12.4 Å². The fourth-order valence-electron chi connectivity index (χ4n) is 2.26. The van der Waals surface area contributed by atoms with Gasteiger partial charge >= 0.3 is 0 Å². The molecule has 1 unspecified atom stereocenters. The lowest BCUT2D eigenvalue weighted by Gasteiger charge is -2.28. The molecule has 2 heteroatoms. The van der Waals surface area contributed by atoms with Crippen molar-refractivity contribution in [2.45, 2.75) is 39.5 Å². The van der Waals surface area contributed by atoms with Gasteiger partial charge in [0.15, 0.2) is 0 Å². The van der Waals surface area contributed by atoms with E-state index < -0.39 is 0 Å². The van der Waals surface area contributed by atoms with Crippen molar-refractivity contribution in [3.63, 3.8) is 0 Å². The average molecular weight is 247 g/mol. The summed E-state index contributed by atoms with van der Waals surface area (Å²) in [6.45, 7) is 7.65. The third kappa shape index (κ3) is 3.66. The molecule has 1 saturated heterocycles. The lowest BCUT2D eigenvalue weighted by Crippen LogP contribution is -2.29. The van der Waals surface area contributed by atoms with Crippen LogP contribution in [-0.2, 0) is 0 Å². The Labute approximate surface area is 111 Å². The van der Waals surface area contributed by atoms with E-state index in [1.165, 1.54) is 44.5 Å². The van der Waals surface area contributed by atoms with Gasteiger partial charge in [0.25, 0.3) is 0 Å². The highest BCUT2D eigenvalue weighted by Crippen LogP contribution is 2.23. The van der Waals surface area contributed by atoms with Crippen LogP contribution in [0, 0.1) is 5.92 Å². The molecule has 0 aliphatic carbocycles. The number of anilines is 1. The van der Waals surface area contributed by atoms with Gasteiger partial charge in [0.05, 0.1) is 6.61 Å². The Morgan fingerprint density at radius 3 is 2.39 bits per heavy atom. The van der Waals surface area contributed by atoms with Crippen molar-refractivity contribution in [1.29, 1.82) is 0 Å². The molecule has 1 aromatic rings. The van der Waals surface area contributed by atoms with E-state index >= 15 is 0 Å². The molecular weight excluding hydrogens is 222 g/mol. The molecule has 0 bridgehead atoms. The van der Waals surface area contributed by atoms with E-state index in [0.29, 0.717) is 5.92 Å². The van der Waals surface area contributed by atoms with Crippen LogP contribution in [0.5, 0.6) is 5.75 Å². The Bertz CT molecular complexity index is 341. The van der Waals surface area contributed by atoms with E-state index in [1.807, 2.05) is 0 Å². The zero-order valence-corrected chi connectivity index (χ0v) is 11.7. The van der Waals surface area contributed by atoms with Crippen molar-refractivity contribution in [2.75, 3.05) is 24.6 Å². The van der Waals surface area contributed by atoms with Crippen LogP contribution >= 0.6 is 0 Å². The van der Waals surface area contributed by atoms with Gasteiger partial charge in [-0.1, -0.05) is 20.3 Å². The van der Waals surface area contributed by atoms with Crippen LogP contribution in [-0.4, -0.2) is 19.7 Å². The van der Waals surface area contributed by atoms with Gasteiger partial charge in [0.1, 0.15) is 5.75 Å². The van der Waals surface area contributed by atoms with Gasteiger partial charge in [-0.15, -0.1) is 0 Å². The van der Waals surface area contributed by atoms with Crippen LogP contribution in [0.3, 0.4) is 0 Å². The standard InChI is InChI=1S/C16H25NO/c1-3-14(2)13-18-16-9-7-15(8-10-16)17-11-5-4-6-12-17/h7-10,14H,3-6,11-13H2,1-2H3. The molecule has 0 saturated carbocycles. The molecule has 18 heavy (non-hydrogen) atoms. The molecule has 0 aromatic heterocycles. The molecule has 0 N–H and O–H groups in total. The van der Waals surface area contributed by atoms with Crippen LogP contribution in [0.4, 0.5) is 5.69 Å². The third-order valence-electron chi connectivity index (χ3n) is 3.79. The van der Waals surface area contributed by atoms with Crippen molar-refractivity contribution in [3.8, 4) is 5.75 Å². The maximum Gasteiger partial charge on any atom is 0.119 e. The number of rotatable bonds is 5. The minimum absolute atomic E-state index is 0.631. The normalized spacial score (nSPS) is 17.6. The summed E-state index contributed by atoms with van der Waals surface area (Å²) in [5, 5.41) is 0. The Balaban J connectivity index is 1.88. The SMILES string of the molecule is CCC(C)COc1ccc(N2CCCCC2)cc1. The fraction of sp³-hybridized carbons (Fsp3) is 0.625. The van der Waals surface area contributed by atoms with E-state index in [-0.39, 0.29) is 0 Å². The average Bonchev–Trinajstić information content (AvgIpc) is 2.46. The van der Waals surface area contributed by atoms with Gasteiger partial charge < -0.3 is 9.64 Å². The molecular formula is C16H25NO. The van der Waals surface area contributed by atoms with E-state index in [2.05, 4.69) is 43.0 Å². The number of nitrogens with zero attached hydrogens (tertiary/aromatic N) is 1. The van der Waals surface area contributed by atoms with Crippen LogP contribution < -0.4 is 9.64 Å². The summed E-state index contributed by atoms with van der Waals surface area (Å²) in [5.41, 5.74) is 1.34. The number of ether oxygens (including phenoxy) is 1. The maximum absolute atomic E-state index is 5.78. The first kappa shape index (κ1) is 13.3. The van der Waals surface area contributed by atoms with Crippen molar-refractivity contribution in [2.24, 2.45) is 5.92 Å². The first-order chi connectivity index (χ1) is 8.79. The number of benzene rings is 1. The molecule has 0 amide bonds. The summed E-state index contributed by atoms with van der Waals surface area (Å²) in [6.07, 6.45) is 5.21. The Hall–Kier alpha value is -1.18. The highest BCUT2D eigenvalue weighted by Gasteiger charge is 2.10. The van der Waals surface area contributed by atoms with Gasteiger partial charge in [-0.3, -0.25) is 0 Å². The van der Waals surface area contributed by atoms with E-state index in [4.69, 9.17) is 4.74 Å². The van der Waals surface area contributed by atoms with Gasteiger partial charge in [0, 0.05) is 18.8 Å². The second-order valence-corrected chi connectivity index (χ2v) is 5.37. The molecule has 1 aliphatic heterocycles. The van der Waals surface area contributed by atoms with Crippen molar-refractivity contribution < 1.29 is 4.74 Å². The highest BCUT2D eigenvalue weighted by atomic mass is 16.5. The Kier molecular flexibility index (Phi) is 4.91.